The number of hydrogen-bond donors (Lipinski definition) is 1. The van der Waals surface area contributed by atoms with Crippen LogP contribution < -0.4 is 10.1 Å². The van der Waals surface area contributed by atoms with Crippen molar-refractivity contribution < 1.29 is 18.7 Å². The summed E-state index contributed by atoms with van der Waals surface area (Å²) in [6.45, 7) is 5.62. The van der Waals surface area contributed by atoms with Gasteiger partial charge in [0.15, 0.2) is 6.61 Å². The molecule has 29 heavy (non-hydrogen) atoms. The number of ether oxygens (including phenoxy) is 1. The molecule has 1 N–H and O–H groups in total. The smallest absolute Gasteiger partial charge is 0.261 e. The summed E-state index contributed by atoms with van der Waals surface area (Å²) in [6.07, 6.45) is 0.797. The van der Waals surface area contributed by atoms with Gasteiger partial charge in [-0.2, -0.15) is 0 Å². The number of benzene rings is 2. The van der Waals surface area contributed by atoms with E-state index in [0.717, 1.165) is 16.5 Å². The highest BCUT2D eigenvalue weighted by Gasteiger charge is 2.27. The summed E-state index contributed by atoms with van der Waals surface area (Å²) in [5.74, 6) is -0.542. The Balaban J connectivity index is 2.14. The number of nitrogens with one attached hydrogen (secondary N) is 1. The Morgan fingerprint density at radius 2 is 1.86 bits per heavy atom. The van der Waals surface area contributed by atoms with Crippen LogP contribution in [0.25, 0.3) is 0 Å². The molecule has 0 radical (unpaired) electrons. The fraction of sp³-hybridized carbons (Fsp3) is 0.364. The zero-order chi connectivity index (χ0) is 21.4. The lowest BCUT2D eigenvalue weighted by atomic mass is 10.1. The minimum absolute atomic E-state index is 0.0169. The summed E-state index contributed by atoms with van der Waals surface area (Å²) in [6, 6.07) is 12.4. The lowest BCUT2D eigenvalue weighted by Gasteiger charge is -2.29. The molecule has 0 heterocycles. The predicted molar refractivity (Wildman–Crippen MR) is 114 cm³/mol. The van der Waals surface area contributed by atoms with Gasteiger partial charge in [0.2, 0.25) is 5.91 Å². The lowest BCUT2D eigenvalue weighted by molar-refractivity contribution is -0.142. The molecule has 0 fully saturated rings. The molecule has 2 aromatic rings. The van der Waals surface area contributed by atoms with Crippen LogP contribution in [0.3, 0.4) is 0 Å². The van der Waals surface area contributed by atoms with Crippen LogP contribution in [0.1, 0.15) is 32.8 Å². The molecule has 156 valence electrons. The topological polar surface area (TPSA) is 58.6 Å². The third-order valence-electron chi connectivity index (χ3n) is 4.59. The average Bonchev–Trinajstić information content (AvgIpc) is 2.70. The van der Waals surface area contributed by atoms with E-state index in [1.807, 2.05) is 38.1 Å². The van der Waals surface area contributed by atoms with Gasteiger partial charge < -0.3 is 15.0 Å². The van der Waals surface area contributed by atoms with E-state index < -0.39 is 6.04 Å². The van der Waals surface area contributed by atoms with Crippen molar-refractivity contribution in [3.05, 3.63) is 64.4 Å². The van der Waals surface area contributed by atoms with E-state index in [0.29, 0.717) is 5.75 Å². The number of carbonyl (C=O) groups is 2. The summed E-state index contributed by atoms with van der Waals surface area (Å²) >= 11 is 3.43. The highest BCUT2D eigenvalue weighted by molar-refractivity contribution is 9.10. The molecule has 0 aromatic heterocycles. The normalized spacial score (nSPS) is 12.7. The Kier molecular flexibility index (Phi) is 8.64. The number of amides is 2. The summed E-state index contributed by atoms with van der Waals surface area (Å²) in [4.78, 5) is 27.0. The number of nitrogens with zero attached hydrogens (tertiary/aromatic N) is 1. The summed E-state index contributed by atoms with van der Waals surface area (Å²) in [5.41, 5.74) is 0.887. The van der Waals surface area contributed by atoms with Gasteiger partial charge in [-0.15, -0.1) is 0 Å². The third-order valence-corrected chi connectivity index (χ3v) is 5.08. The van der Waals surface area contributed by atoms with E-state index in [2.05, 4.69) is 21.2 Å². The monoisotopic (exact) mass is 464 g/mol. The fourth-order valence-corrected chi connectivity index (χ4v) is 3.09. The minimum atomic E-state index is -0.674. The van der Waals surface area contributed by atoms with E-state index in [1.54, 1.807) is 6.92 Å². The standard InChI is InChI=1S/C22H26BrFN2O3/c1-4-15(2)25-22(28)16(3)26(13-17-6-5-7-18(23)12-17)21(27)14-29-20-10-8-19(24)9-11-20/h5-12,15-16H,4,13-14H2,1-3H3,(H,25,28)/t15-,16-/m0/s1. The molecule has 0 saturated carbocycles. The summed E-state index contributed by atoms with van der Waals surface area (Å²) in [7, 11) is 0. The first-order chi connectivity index (χ1) is 13.8. The second kappa shape index (κ2) is 11.0. The highest BCUT2D eigenvalue weighted by Crippen LogP contribution is 2.16. The zero-order valence-corrected chi connectivity index (χ0v) is 18.4. The molecular formula is C22H26BrFN2O3. The molecule has 0 unspecified atom stereocenters. The van der Waals surface area contributed by atoms with Crippen molar-refractivity contribution in [2.24, 2.45) is 0 Å². The molecule has 0 spiro atoms. The highest BCUT2D eigenvalue weighted by atomic mass is 79.9. The molecule has 7 heteroatoms. The molecule has 2 rings (SSSR count). The average molecular weight is 465 g/mol. The van der Waals surface area contributed by atoms with Crippen molar-refractivity contribution >= 4 is 27.7 Å². The Morgan fingerprint density at radius 3 is 2.48 bits per heavy atom. The van der Waals surface area contributed by atoms with Crippen molar-refractivity contribution in [1.29, 1.82) is 0 Å². The maximum atomic E-state index is 13.0. The molecule has 0 bridgehead atoms. The Labute approximate surface area is 179 Å². The minimum Gasteiger partial charge on any atom is -0.484 e. The molecule has 0 aliphatic rings. The molecule has 2 atom stereocenters. The van der Waals surface area contributed by atoms with Gasteiger partial charge in [-0.05, 0) is 62.2 Å². The van der Waals surface area contributed by atoms with Crippen LogP contribution in [0, 0.1) is 5.82 Å². The van der Waals surface area contributed by atoms with Crippen molar-refractivity contribution in [3.63, 3.8) is 0 Å². The van der Waals surface area contributed by atoms with Crippen molar-refractivity contribution in [2.75, 3.05) is 6.61 Å². The summed E-state index contributed by atoms with van der Waals surface area (Å²) < 4.78 is 19.4. The molecule has 0 saturated heterocycles. The van der Waals surface area contributed by atoms with Crippen molar-refractivity contribution in [1.82, 2.24) is 10.2 Å². The van der Waals surface area contributed by atoms with E-state index >= 15 is 0 Å². The van der Waals surface area contributed by atoms with Gasteiger partial charge in [0.25, 0.3) is 5.91 Å². The Morgan fingerprint density at radius 1 is 1.17 bits per heavy atom. The van der Waals surface area contributed by atoms with Crippen LogP contribution in [0.5, 0.6) is 5.75 Å². The second-order valence-electron chi connectivity index (χ2n) is 6.89. The first-order valence-corrected chi connectivity index (χ1v) is 10.3. The van der Waals surface area contributed by atoms with Gasteiger partial charge in [-0.25, -0.2) is 4.39 Å². The fourth-order valence-electron chi connectivity index (χ4n) is 2.64. The molecule has 2 aromatic carbocycles. The first kappa shape index (κ1) is 22.9. The van der Waals surface area contributed by atoms with Gasteiger partial charge in [-0.3, -0.25) is 9.59 Å². The number of hydrogen-bond acceptors (Lipinski definition) is 3. The van der Waals surface area contributed by atoms with E-state index in [9.17, 15) is 14.0 Å². The molecular weight excluding hydrogens is 439 g/mol. The summed E-state index contributed by atoms with van der Waals surface area (Å²) in [5, 5.41) is 2.92. The molecule has 0 aliphatic heterocycles. The van der Waals surface area contributed by atoms with Gasteiger partial charge in [0, 0.05) is 17.1 Å². The SMILES string of the molecule is CC[C@H](C)NC(=O)[C@H](C)N(Cc1cccc(Br)c1)C(=O)COc1ccc(F)cc1. The van der Waals surface area contributed by atoms with Gasteiger partial charge in [-0.1, -0.05) is 35.0 Å². The van der Waals surface area contributed by atoms with Crippen molar-refractivity contribution in [3.8, 4) is 5.75 Å². The quantitative estimate of drug-likeness (QED) is 0.601. The zero-order valence-electron chi connectivity index (χ0n) is 16.8. The van der Waals surface area contributed by atoms with Crippen molar-refractivity contribution in [2.45, 2.75) is 45.8 Å². The molecule has 2 amide bonds. The van der Waals surface area contributed by atoms with Gasteiger partial charge in [0.05, 0.1) is 0 Å². The Hall–Kier alpha value is -2.41. The largest absolute Gasteiger partial charge is 0.484 e. The van der Waals surface area contributed by atoms with Crippen LogP contribution in [0.15, 0.2) is 53.0 Å². The number of carbonyl (C=O) groups excluding carboxylic acids is 2. The first-order valence-electron chi connectivity index (χ1n) is 9.52. The van der Waals surface area contributed by atoms with Gasteiger partial charge in [0.1, 0.15) is 17.6 Å². The maximum absolute atomic E-state index is 13.0. The van der Waals surface area contributed by atoms with E-state index in [4.69, 9.17) is 4.74 Å². The second-order valence-corrected chi connectivity index (χ2v) is 7.80. The van der Waals surface area contributed by atoms with Crippen LogP contribution in [-0.4, -0.2) is 35.4 Å². The number of rotatable bonds is 9. The van der Waals surface area contributed by atoms with Crippen LogP contribution in [0.4, 0.5) is 4.39 Å². The lowest BCUT2D eigenvalue weighted by Crippen LogP contribution is -2.50. The van der Waals surface area contributed by atoms with E-state index in [1.165, 1.54) is 29.2 Å². The molecule has 5 nitrogen and oxygen atoms in total. The van der Waals surface area contributed by atoms with Crippen LogP contribution >= 0.6 is 15.9 Å². The van der Waals surface area contributed by atoms with E-state index in [-0.39, 0.29) is 36.8 Å². The van der Waals surface area contributed by atoms with Crippen LogP contribution in [0.2, 0.25) is 0 Å². The maximum Gasteiger partial charge on any atom is 0.261 e. The Bertz CT molecular complexity index is 829. The molecule has 0 aliphatic carbocycles. The van der Waals surface area contributed by atoms with Gasteiger partial charge >= 0.3 is 0 Å². The van der Waals surface area contributed by atoms with Crippen LogP contribution in [-0.2, 0) is 16.1 Å². The third kappa shape index (κ3) is 7.16. The predicted octanol–water partition coefficient (Wildman–Crippen LogP) is 4.30. The number of halogens is 2.